The Kier molecular flexibility index (Phi) is 3.88. The fourth-order valence-electron chi connectivity index (χ4n) is 1.73. The standard InChI is InChI=1S/C13H17N3O/c1-10(5-4-8-17)15-13-14-9-11-6-2-3-7-12(11)16-13/h2-3,6-7,9-10,17H,4-5,8H2,1H3,(H,14,15,16). The first-order chi connectivity index (χ1) is 8.29. The molecule has 1 aromatic heterocycles. The van der Waals surface area contributed by atoms with Gasteiger partial charge in [0.2, 0.25) is 5.95 Å². The third kappa shape index (κ3) is 3.14. The van der Waals surface area contributed by atoms with Crippen molar-refractivity contribution in [3.05, 3.63) is 30.5 Å². The number of aromatic nitrogens is 2. The normalized spacial score (nSPS) is 12.6. The molecular formula is C13H17N3O. The van der Waals surface area contributed by atoms with E-state index in [0.29, 0.717) is 5.95 Å². The van der Waals surface area contributed by atoms with Crippen molar-refractivity contribution >= 4 is 16.9 Å². The quantitative estimate of drug-likeness (QED) is 0.828. The summed E-state index contributed by atoms with van der Waals surface area (Å²) in [5.74, 6) is 0.647. The van der Waals surface area contributed by atoms with Gasteiger partial charge < -0.3 is 10.4 Å². The topological polar surface area (TPSA) is 58.0 Å². The van der Waals surface area contributed by atoms with Gasteiger partial charge in [0.25, 0.3) is 0 Å². The lowest BCUT2D eigenvalue weighted by Gasteiger charge is -2.13. The Hall–Kier alpha value is -1.68. The Morgan fingerprint density at radius 2 is 2.18 bits per heavy atom. The van der Waals surface area contributed by atoms with E-state index in [0.717, 1.165) is 23.7 Å². The molecule has 0 saturated heterocycles. The Bertz CT molecular complexity index is 487. The third-order valence-corrected chi connectivity index (χ3v) is 2.66. The molecule has 0 aliphatic carbocycles. The summed E-state index contributed by atoms with van der Waals surface area (Å²) in [7, 11) is 0. The van der Waals surface area contributed by atoms with Crippen molar-refractivity contribution in [2.24, 2.45) is 0 Å². The predicted octanol–water partition coefficient (Wildman–Crippen LogP) is 2.20. The van der Waals surface area contributed by atoms with Gasteiger partial charge in [-0.25, -0.2) is 9.97 Å². The van der Waals surface area contributed by atoms with Gasteiger partial charge in [0.1, 0.15) is 0 Å². The van der Waals surface area contributed by atoms with Crippen LogP contribution in [0.4, 0.5) is 5.95 Å². The summed E-state index contributed by atoms with van der Waals surface area (Å²) >= 11 is 0. The molecule has 0 spiro atoms. The number of para-hydroxylation sites is 1. The van der Waals surface area contributed by atoms with Crippen LogP contribution in [0.3, 0.4) is 0 Å². The van der Waals surface area contributed by atoms with E-state index in [-0.39, 0.29) is 12.6 Å². The number of aliphatic hydroxyl groups is 1. The van der Waals surface area contributed by atoms with E-state index in [9.17, 15) is 0 Å². The third-order valence-electron chi connectivity index (χ3n) is 2.66. The summed E-state index contributed by atoms with van der Waals surface area (Å²) in [5, 5.41) is 13.0. The van der Waals surface area contributed by atoms with E-state index >= 15 is 0 Å². The van der Waals surface area contributed by atoms with Crippen molar-refractivity contribution in [3.8, 4) is 0 Å². The highest BCUT2D eigenvalue weighted by Gasteiger charge is 2.04. The number of fused-ring (bicyclic) bond motifs is 1. The van der Waals surface area contributed by atoms with Gasteiger partial charge in [0.15, 0.2) is 0 Å². The summed E-state index contributed by atoms with van der Waals surface area (Å²) < 4.78 is 0. The zero-order valence-electron chi connectivity index (χ0n) is 9.93. The molecule has 0 amide bonds. The first-order valence-corrected chi connectivity index (χ1v) is 5.89. The van der Waals surface area contributed by atoms with Gasteiger partial charge in [0.05, 0.1) is 5.52 Å². The minimum Gasteiger partial charge on any atom is -0.396 e. The molecule has 1 atom stereocenters. The van der Waals surface area contributed by atoms with Crippen LogP contribution in [0.2, 0.25) is 0 Å². The maximum absolute atomic E-state index is 8.76. The molecule has 0 fully saturated rings. The van der Waals surface area contributed by atoms with Gasteiger partial charge in [-0.05, 0) is 25.8 Å². The van der Waals surface area contributed by atoms with Crippen LogP contribution < -0.4 is 5.32 Å². The Morgan fingerprint density at radius 1 is 1.35 bits per heavy atom. The lowest BCUT2D eigenvalue weighted by molar-refractivity contribution is 0.282. The lowest BCUT2D eigenvalue weighted by atomic mass is 10.2. The van der Waals surface area contributed by atoms with Gasteiger partial charge in [-0.15, -0.1) is 0 Å². The molecule has 4 heteroatoms. The number of hydrogen-bond donors (Lipinski definition) is 2. The number of hydrogen-bond acceptors (Lipinski definition) is 4. The first-order valence-electron chi connectivity index (χ1n) is 5.89. The largest absolute Gasteiger partial charge is 0.396 e. The van der Waals surface area contributed by atoms with Crippen LogP contribution in [-0.2, 0) is 0 Å². The Labute approximate surface area is 101 Å². The van der Waals surface area contributed by atoms with E-state index < -0.39 is 0 Å². The predicted molar refractivity (Wildman–Crippen MR) is 68.9 cm³/mol. The van der Waals surface area contributed by atoms with Crippen LogP contribution in [0.25, 0.3) is 10.9 Å². The number of aliphatic hydroxyl groups excluding tert-OH is 1. The monoisotopic (exact) mass is 231 g/mol. The second kappa shape index (κ2) is 5.59. The van der Waals surface area contributed by atoms with Gasteiger partial charge in [-0.2, -0.15) is 0 Å². The molecule has 0 bridgehead atoms. The summed E-state index contributed by atoms with van der Waals surface area (Å²) in [6.07, 6.45) is 3.53. The Balaban J connectivity index is 2.08. The van der Waals surface area contributed by atoms with E-state index in [4.69, 9.17) is 5.11 Å². The van der Waals surface area contributed by atoms with Crippen LogP contribution >= 0.6 is 0 Å². The summed E-state index contributed by atoms with van der Waals surface area (Å²) in [4.78, 5) is 8.71. The molecule has 1 heterocycles. The van der Waals surface area contributed by atoms with Crippen LogP contribution in [0.5, 0.6) is 0 Å². The summed E-state index contributed by atoms with van der Waals surface area (Å²) in [6, 6.07) is 8.18. The molecule has 1 aromatic carbocycles. The highest BCUT2D eigenvalue weighted by Crippen LogP contribution is 2.12. The minimum absolute atomic E-state index is 0.227. The van der Waals surface area contributed by atoms with Crippen LogP contribution in [0.1, 0.15) is 19.8 Å². The van der Waals surface area contributed by atoms with Gasteiger partial charge in [-0.3, -0.25) is 0 Å². The van der Waals surface area contributed by atoms with Crippen LogP contribution in [-0.4, -0.2) is 27.7 Å². The second-order valence-electron chi connectivity index (χ2n) is 4.16. The average Bonchev–Trinajstić information content (AvgIpc) is 2.36. The molecule has 4 nitrogen and oxygen atoms in total. The molecule has 90 valence electrons. The molecule has 17 heavy (non-hydrogen) atoms. The van der Waals surface area contributed by atoms with Crippen molar-refractivity contribution in [2.75, 3.05) is 11.9 Å². The molecule has 2 rings (SSSR count). The maximum atomic E-state index is 8.76. The molecule has 0 radical (unpaired) electrons. The van der Waals surface area contributed by atoms with Gasteiger partial charge >= 0.3 is 0 Å². The summed E-state index contributed by atoms with van der Waals surface area (Å²) in [6.45, 7) is 2.29. The molecule has 2 aromatic rings. The van der Waals surface area contributed by atoms with E-state index in [1.165, 1.54) is 0 Å². The first kappa shape index (κ1) is 11.8. The number of benzene rings is 1. The maximum Gasteiger partial charge on any atom is 0.223 e. The fraction of sp³-hybridized carbons (Fsp3) is 0.385. The van der Waals surface area contributed by atoms with Crippen molar-refractivity contribution in [1.82, 2.24) is 9.97 Å². The molecule has 2 N–H and O–H groups in total. The minimum atomic E-state index is 0.227. The molecule has 0 saturated carbocycles. The van der Waals surface area contributed by atoms with E-state index in [1.807, 2.05) is 30.5 Å². The number of nitrogens with zero attached hydrogens (tertiary/aromatic N) is 2. The van der Waals surface area contributed by atoms with E-state index in [2.05, 4.69) is 22.2 Å². The number of nitrogens with one attached hydrogen (secondary N) is 1. The molecule has 0 aliphatic rings. The summed E-state index contributed by atoms with van der Waals surface area (Å²) in [5.41, 5.74) is 0.944. The number of rotatable bonds is 5. The van der Waals surface area contributed by atoms with Gasteiger partial charge in [-0.1, -0.05) is 18.2 Å². The van der Waals surface area contributed by atoms with Crippen molar-refractivity contribution in [2.45, 2.75) is 25.8 Å². The van der Waals surface area contributed by atoms with Crippen LogP contribution in [0, 0.1) is 0 Å². The Morgan fingerprint density at radius 3 is 3.00 bits per heavy atom. The average molecular weight is 231 g/mol. The van der Waals surface area contributed by atoms with Crippen LogP contribution in [0.15, 0.2) is 30.5 Å². The van der Waals surface area contributed by atoms with Crippen molar-refractivity contribution < 1.29 is 5.11 Å². The highest BCUT2D eigenvalue weighted by molar-refractivity contribution is 5.78. The highest BCUT2D eigenvalue weighted by atomic mass is 16.2. The number of anilines is 1. The second-order valence-corrected chi connectivity index (χ2v) is 4.16. The van der Waals surface area contributed by atoms with Gasteiger partial charge in [0, 0.05) is 24.2 Å². The smallest absolute Gasteiger partial charge is 0.223 e. The SMILES string of the molecule is CC(CCCO)Nc1ncc2ccccc2n1. The van der Waals surface area contributed by atoms with Crippen molar-refractivity contribution in [3.63, 3.8) is 0 Å². The molecular weight excluding hydrogens is 214 g/mol. The fourth-order valence-corrected chi connectivity index (χ4v) is 1.73. The zero-order valence-corrected chi connectivity index (χ0v) is 9.93. The molecule has 0 aliphatic heterocycles. The molecule has 1 unspecified atom stereocenters. The zero-order chi connectivity index (χ0) is 12.1. The lowest BCUT2D eigenvalue weighted by Crippen LogP contribution is -2.17. The van der Waals surface area contributed by atoms with E-state index in [1.54, 1.807) is 0 Å². The van der Waals surface area contributed by atoms with Crippen molar-refractivity contribution in [1.29, 1.82) is 0 Å².